The second-order valence-electron chi connectivity index (χ2n) is 5.95. The van der Waals surface area contributed by atoms with Crippen LogP contribution in [0.15, 0.2) is 53.4 Å². The number of ether oxygens (including phenoxy) is 1. The molecule has 2 rings (SSSR count). The summed E-state index contributed by atoms with van der Waals surface area (Å²) in [5, 5.41) is 2.77. The number of alkyl halides is 2. The molecule has 27 heavy (non-hydrogen) atoms. The molecule has 1 unspecified atom stereocenters. The van der Waals surface area contributed by atoms with Crippen LogP contribution >= 0.6 is 0 Å². The Morgan fingerprint density at radius 2 is 1.59 bits per heavy atom. The van der Waals surface area contributed by atoms with Crippen LogP contribution in [0.2, 0.25) is 0 Å². The quantitative estimate of drug-likeness (QED) is 0.778. The Balaban J connectivity index is 2.06. The lowest BCUT2D eigenvalue weighted by Crippen LogP contribution is -2.27. The Morgan fingerprint density at radius 3 is 2.07 bits per heavy atom. The standard InChI is InChI=1S/C18H20F2N2O4S/c1-12(13-4-8-15(9-5-13)26-18(19)20)21-17(23)14-6-10-16(11-7-14)27(24,25)22(2)3/h4-12,18H,1-3H3,(H,21,23). The number of rotatable bonds is 7. The van der Waals surface area contributed by atoms with Gasteiger partial charge in [0.2, 0.25) is 10.0 Å². The monoisotopic (exact) mass is 398 g/mol. The average molecular weight is 398 g/mol. The van der Waals surface area contributed by atoms with E-state index in [1.54, 1.807) is 19.1 Å². The van der Waals surface area contributed by atoms with Gasteiger partial charge in [-0.1, -0.05) is 12.1 Å². The number of amides is 1. The van der Waals surface area contributed by atoms with Crippen molar-refractivity contribution in [2.45, 2.75) is 24.5 Å². The van der Waals surface area contributed by atoms with E-state index < -0.39 is 16.6 Å². The van der Waals surface area contributed by atoms with Gasteiger partial charge in [0.25, 0.3) is 5.91 Å². The molecule has 2 aromatic carbocycles. The van der Waals surface area contributed by atoms with E-state index in [1.807, 2.05) is 0 Å². The number of hydrogen-bond acceptors (Lipinski definition) is 4. The maximum atomic E-state index is 12.3. The molecule has 9 heteroatoms. The van der Waals surface area contributed by atoms with Crippen molar-refractivity contribution in [3.8, 4) is 5.75 Å². The van der Waals surface area contributed by atoms with Gasteiger partial charge in [-0.25, -0.2) is 12.7 Å². The summed E-state index contributed by atoms with van der Waals surface area (Å²) >= 11 is 0. The van der Waals surface area contributed by atoms with Crippen LogP contribution in [-0.2, 0) is 10.0 Å². The Hall–Kier alpha value is -2.52. The van der Waals surface area contributed by atoms with E-state index in [0.29, 0.717) is 11.1 Å². The zero-order valence-corrected chi connectivity index (χ0v) is 15.8. The largest absolute Gasteiger partial charge is 0.435 e. The molecule has 1 N–H and O–H groups in total. The van der Waals surface area contributed by atoms with Gasteiger partial charge in [0.05, 0.1) is 10.9 Å². The molecule has 0 aromatic heterocycles. The summed E-state index contributed by atoms with van der Waals surface area (Å²) in [5.74, 6) is -0.353. The summed E-state index contributed by atoms with van der Waals surface area (Å²) in [7, 11) is -0.710. The molecule has 0 aliphatic heterocycles. The van der Waals surface area contributed by atoms with E-state index in [4.69, 9.17) is 0 Å². The minimum absolute atomic E-state index is 0.0324. The predicted octanol–water partition coefficient (Wildman–Crippen LogP) is 3.03. The van der Waals surface area contributed by atoms with Crippen molar-refractivity contribution in [2.75, 3.05) is 14.1 Å². The third-order valence-corrected chi connectivity index (χ3v) is 5.68. The zero-order chi connectivity index (χ0) is 20.2. The van der Waals surface area contributed by atoms with Crippen molar-refractivity contribution >= 4 is 15.9 Å². The molecule has 146 valence electrons. The van der Waals surface area contributed by atoms with Crippen LogP contribution in [-0.4, -0.2) is 39.3 Å². The minimum atomic E-state index is -3.56. The highest BCUT2D eigenvalue weighted by atomic mass is 32.2. The molecule has 0 radical (unpaired) electrons. The lowest BCUT2D eigenvalue weighted by molar-refractivity contribution is -0.0498. The third-order valence-electron chi connectivity index (χ3n) is 3.85. The number of carbonyl (C=O) groups excluding carboxylic acids is 1. The number of hydrogen-bond donors (Lipinski definition) is 1. The molecular weight excluding hydrogens is 378 g/mol. The number of carbonyl (C=O) groups is 1. The molecular formula is C18H20F2N2O4S. The molecule has 0 aliphatic carbocycles. The first-order chi connectivity index (χ1) is 12.6. The lowest BCUT2D eigenvalue weighted by atomic mass is 10.1. The Morgan fingerprint density at radius 1 is 1.04 bits per heavy atom. The van der Waals surface area contributed by atoms with Gasteiger partial charge in [-0.05, 0) is 48.9 Å². The van der Waals surface area contributed by atoms with Gasteiger partial charge in [-0.15, -0.1) is 0 Å². The van der Waals surface area contributed by atoms with Gasteiger partial charge in [0, 0.05) is 19.7 Å². The number of nitrogens with zero attached hydrogens (tertiary/aromatic N) is 1. The van der Waals surface area contributed by atoms with Crippen LogP contribution in [0.25, 0.3) is 0 Å². The number of benzene rings is 2. The zero-order valence-electron chi connectivity index (χ0n) is 15.0. The van der Waals surface area contributed by atoms with Crippen molar-refractivity contribution in [1.29, 1.82) is 0 Å². The van der Waals surface area contributed by atoms with Gasteiger partial charge < -0.3 is 10.1 Å². The van der Waals surface area contributed by atoms with Crippen LogP contribution in [0, 0.1) is 0 Å². The number of nitrogens with one attached hydrogen (secondary N) is 1. The van der Waals surface area contributed by atoms with Crippen LogP contribution in [0.1, 0.15) is 28.9 Å². The summed E-state index contributed by atoms with van der Waals surface area (Å²) in [6.45, 7) is -1.15. The highest BCUT2D eigenvalue weighted by molar-refractivity contribution is 7.89. The predicted molar refractivity (Wildman–Crippen MR) is 96.3 cm³/mol. The van der Waals surface area contributed by atoms with Crippen LogP contribution < -0.4 is 10.1 Å². The fourth-order valence-electron chi connectivity index (χ4n) is 2.29. The van der Waals surface area contributed by atoms with Gasteiger partial charge in [-0.3, -0.25) is 4.79 Å². The van der Waals surface area contributed by atoms with Crippen molar-refractivity contribution in [2.24, 2.45) is 0 Å². The molecule has 1 atom stereocenters. The van der Waals surface area contributed by atoms with Crippen molar-refractivity contribution in [3.63, 3.8) is 0 Å². The van der Waals surface area contributed by atoms with Crippen LogP contribution in [0.3, 0.4) is 0 Å². The summed E-state index contributed by atoms with van der Waals surface area (Å²) in [6.07, 6.45) is 0. The van der Waals surface area contributed by atoms with E-state index in [9.17, 15) is 22.0 Å². The van der Waals surface area contributed by atoms with E-state index in [-0.39, 0.29) is 22.6 Å². The Labute approximate surface area is 156 Å². The van der Waals surface area contributed by atoms with Gasteiger partial charge in [0.1, 0.15) is 5.75 Å². The Bertz CT molecular complexity index is 883. The molecule has 2 aromatic rings. The van der Waals surface area contributed by atoms with E-state index in [2.05, 4.69) is 10.1 Å². The average Bonchev–Trinajstić information content (AvgIpc) is 2.61. The molecule has 0 aliphatic rings. The first-order valence-corrected chi connectivity index (χ1v) is 9.43. The lowest BCUT2D eigenvalue weighted by Gasteiger charge is -2.16. The van der Waals surface area contributed by atoms with Crippen molar-refractivity contribution in [3.05, 3.63) is 59.7 Å². The minimum Gasteiger partial charge on any atom is -0.435 e. The van der Waals surface area contributed by atoms with Crippen LogP contribution in [0.4, 0.5) is 8.78 Å². The maximum absolute atomic E-state index is 12.3. The maximum Gasteiger partial charge on any atom is 0.387 e. The SMILES string of the molecule is CC(NC(=O)c1ccc(S(=O)(=O)N(C)C)cc1)c1ccc(OC(F)F)cc1. The first-order valence-electron chi connectivity index (χ1n) is 7.99. The number of sulfonamides is 1. The molecule has 0 spiro atoms. The topological polar surface area (TPSA) is 75.7 Å². The highest BCUT2D eigenvalue weighted by Crippen LogP contribution is 2.20. The molecule has 0 saturated carbocycles. The summed E-state index contributed by atoms with van der Waals surface area (Å²) in [4.78, 5) is 12.4. The Kier molecular flexibility index (Phi) is 6.50. The third kappa shape index (κ3) is 5.24. The van der Waals surface area contributed by atoms with Gasteiger partial charge in [0.15, 0.2) is 0 Å². The summed E-state index contributed by atoms with van der Waals surface area (Å²) < 4.78 is 53.8. The molecule has 0 heterocycles. The van der Waals surface area contributed by atoms with Crippen LogP contribution in [0.5, 0.6) is 5.75 Å². The molecule has 6 nitrogen and oxygen atoms in total. The number of halogens is 2. The smallest absolute Gasteiger partial charge is 0.387 e. The molecule has 0 fully saturated rings. The molecule has 0 bridgehead atoms. The van der Waals surface area contributed by atoms with E-state index in [0.717, 1.165) is 4.31 Å². The van der Waals surface area contributed by atoms with Crippen molar-refractivity contribution in [1.82, 2.24) is 9.62 Å². The van der Waals surface area contributed by atoms with E-state index in [1.165, 1.54) is 50.5 Å². The fraction of sp³-hybridized carbons (Fsp3) is 0.278. The normalized spacial score (nSPS) is 12.9. The van der Waals surface area contributed by atoms with E-state index >= 15 is 0 Å². The summed E-state index contributed by atoms with van der Waals surface area (Å²) in [5.41, 5.74) is 1.01. The highest BCUT2D eigenvalue weighted by Gasteiger charge is 2.18. The first kappa shape index (κ1) is 20.8. The van der Waals surface area contributed by atoms with Crippen molar-refractivity contribution < 1.29 is 26.7 Å². The van der Waals surface area contributed by atoms with Gasteiger partial charge >= 0.3 is 6.61 Å². The van der Waals surface area contributed by atoms with Gasteiger partial charge in [-0.2, -0.15) is 8.78 Å². The summed E-state index contributed by atoms with van der Waals surface area (Å²) in [6, 6.07) is 11.1. The molecule has 0 saturated heterocycles. The second-order valence-corrected chi connectivity index (χ2v) is 8.11. The second kappa shape index (κ2) is 8.45. The molecule has 1 amide bonds. The fourth-order valence-corrected chi connectivity index (χ4v) is 3.19.